The molecule has 0 radical (unpaired) electrons. The highest BCUT2D eigenvalue weighted by Crippen LogP contribution is 2.32. The Balaban J connectivity index is 2.06. The average Bonchev–Trinajstić information content (AvgIpc) is 2.89. The lowest BCUT2D eigenvalue weighted by Crippen LogP contribution is -2.56. The van der Waals surface area contributed by atoms with Gasteiger partial charge in [0.25, 0.3) is 0 Å². The van der Waals surface area contributed by atoms with E-state index >= 15 is 0 Å². The van der Waals surface area contributed by atoms with E-state index in [4.69, 9.17) is 16.3 Å². The van der Waals surface area contributed by atoms with Crippen molar-refractivity contribution in [2.45, 2.75) is 37.6 Å². The predicted octanol–water partition coefficient (Wildman–Crippen LogP) is -0.0295. The minimum Gasteiger partial charge on any atom is -0.394 e. The van der Waals surface area contributed by atoms with Crippen molar-refractivity contribution in [2.75, 3.05) is 6.61 Å². The van der Waals surface area contributed by atoms with Crippen molar-refractivity contribution in [3.63, 3.8) is 0 Å². The van der Waals surface area contributed by atoms with Crippen LogP contribution >= 0.6 is 11.6 Å². The molecule has 0 bridgehead atoms. The first-order valence-electron chi connectivity index (χ1n) is 6.88. The molecule has 0 unspecified atom stereocenters. The van der Waals surface area contributed by atoms with E-state index in [0.29, 0.717) is 10.8 Å². The smallest absolute Gasteiger partial charge is 0.164 e. The molecule has 0 amide bonds. The van der Waals surface area contributed by atoms with Crippen LogP contribution in [0.15, 0.2) is 18.3 Å². The monoisotopic (exact) mass is 328 g/mol. The van der Waals surface area contributed by atoms with Gasteiger partial charge in [-0.1, -0.05) is 11.6 Å². The third kappa shape index (κ3) is 2.40. The molecule has 3 heterocycles. The first-order valence-corrected chi connectivity index (χ1v) is 7.26. The van der Waals surface area contributed by atoms with Crippen LogP contribution in [0.5, 0.6) is 0 Å². The van der Waals surface area contributed by atoms with Crippen LogP contribution in [-0.4, -0.2) is 61.0 Å². The topological polar surface area (TPSA) is 108 Å². The lowest BCUT2D eigenvalue weighted by Gasteiger charge is -2.40. The number of fused-ring (bicyclic) bond motifs is 1. The summed E-state index contributed by atoms with van der Waals surface area (Å²) in [5, 5.41) is 40.3. The minimum absolute atomic E-state index is 0.301. The maximum absolute atomic E-state index is 10.2. The second-order valence-corrected chi connectivity index (χ2v) is 5.83. The summed E-state index contributed by atoms with van der Waals surface area (Å²) in [5.41, 5.74) is 1.41. The largest absolute Gasteiger partial charge is 0.394 e. The highest BCUT2D eigenvalue weighted by Gasteiger charge is 2.44. The van der Waals surface area contributed by atoms with Crippen molar-refractivity contribution in [3.05, 3.63) is 29.0 Å². The third-order valence-corrected chi connectivity index (χ3v) is 4.20. The summed E-state index contributed by atoms with van der Waals surface area (Å²) >= 11 is 5.98. The summed E-state index contributed by atoms with van der Waals surface area (Å²) < 4.78 is 7.07. The van der Waals surface area contributed by atoms with Crippen molar-refractivity contribution in [1.29, 1.82) is 0 Å². The van der Waals surface area contributed by atoms with Gasteiger partial charge in [-0.15, -0.1) is 0 Å². The molecular formula is C14H17ClN2O5. The molecule has 0 saturated carbocycles. The quantitative estimate of drug-likeness (QED) is 0.577. The normalized spacial score (nSPS) is 32.5. The molecule has 3 rings (SSSR count). The summed E-state index contributed by atoms with van der Waals surface area (Å²) in [5.74, 6) is 0. The van der Waals surface area contributed by atoms with Crippen LogP contribution in [0.25, 0.3) is 11.0 Å². The number of aliphatic hydroxyl groups is 4. The van der Waals surface area contributed by atoms with Crippen molar-refractivity contribution in [1.82, 2.24) is 9.55 Å². The number of aliphatic hydroxyl groups excluding tert-OH is 4. The van der Waals surface area contributed by atoms with Crippen LogP contribution in [0.2, 0.25) is 5.15 Å². The summed E-state index contributed by atoms with van der Waals surface area (Å²) in [7, 11) is 0. The van der Waals surface area contributed by atoms with Gasteiger partial charge in [-0.3, -0.25) is 0 Å². The molecule has 5 atom stereocenters. The molecular weight excluding hydrogens is 312 g/mol. The van der Waals surface area contributed by atoms with Crippen molar-refractivity contribution < 1.29 is 25.2 Å². The zero-order chi connectivity index (χ0) is 16.0. The van der Waals surface area contributed by atoms with E-state index in [0.717, 1.165) is 10.9 Å². The number of pyridine rings is 1. The van der Waals surface area contributed by atoms with E-state index < -0.39 is 37.3 Å². The molecule has 0 aliphatic carbocycles. The van der Waals surface area contributed by atoms with Gasteiger partial charge >= 0.3 is 0 Å². The lowest BCUT2D eigenvalue weighted by molar-refractivity contribution is -0.250. The molecule has 1 aliphatic rings. The number of nitrogens with zero attached hydrogens (tertiary/aromatic N) is 2. The van der Waals surface area contributed by atoms with Gasteiger partial charge in [0.1, 0.15) is 35.2 Å². The van der Waals surface area contributed by atoms with Gasteiger partial charge in [0.05, 0.1) is 6.61 Å². The van der Waals surface area contributed by atoms with Crippen LogP contribution in [0, 0.1) is 6.92 Å². The van der Waals surface area contributed by atoms with Gasteiger partial charge in [0.15, 0.2) is 6.23 Å². The van der Waals surface area contributed by atoms with E-state index in [2.05, 4.69) is 4.98 Å². The van der Waals surface area contributed by atoms with Gasteiger partial charge < -0.3 is 29.7 Å². The fourth-order valence-corrected chi connectivity index (χ4v) is 3.02. The molecule has 1 saturated heterocycles. The molecule has 8 heteroatoms. The SMILES string of the molecule is Cc1cc(Cl)nc2c1ccn2[C@H]1O[C@@H](CO)[C@H](O)[C@H](O)[C@@H]1O. The first-order chi connectivity index (χ1) is 10.4. The summed E-state index contributed by atoms with van der Waals surface area (Å²) in [4.78, 5) is 4.23. The molecule has 1 fully saturated rings. The molecule has 0 aromatic carbocycles. The Labute approximate surface area is 131 Å². The highest BCUT2D eigenvalue weighted by atomic mass is 35.5. The number of rotatable bonds is 2. The Morgan fingerprint density at radius 2 is 2.00 bits per heavy atom. The molecule has 22 heavy (non-hydrogen) atoms. The van der Waals surface area contributed by atoms with Crippen molar-refractivity contribution in [2.24, 2.45) is 0 Å². The Bertz CT molecular complexity index is 689. The first kappa shape index (κ1) is 15.7. The van der Waals surface area contributed by atoms with Crippen LogP contribution in [0.1, 0.15) is 11.8 Å². The predicted molar refractivity (Wildman–Crippen MR) is 78.5 cm³/mol. The number of ether oxygens (including phenoxy) is 1. The van der Waals surface area contributed by atoms with E-state index in [1.54, 1.807) is 18.3 Å². The zero-order valence-electron chi connectivity index (χ0n) is 11.8. The van der Waals surface area contributed by atoms with E-state index in [-0.39, 0.29) is 0 Å². The number of aromatic nitrogens is 2. The number of halogens is 1. The molecule has 1 aliphatic heterocycles. The van der Waals surface area contributed by atoms with E-state index in [1.807, 2.05) is 6.92 Å². The number of hydrogen-bond donors (Lipinski definition) is 4. The summed E-state index contributed by atoms with van der Waals surface area (Å²) in [6.45, 7) is 1.40. The fourth-order valence-electron chi connectivity index (χ4n) is 2.77. The van der Waals surface area contributed by atoms with Gasteiger partial charge in [-0.2, -0.15) is 0 Å². The minimum atomic E-state index is -1.44. The van der Waals surface area contributed by atoms with Crippen LogP contribution in [-0.2, 0) is 4.74 Å². The van der Waals surface area contributed by atoms with Crippen LogP contribution in [0.3, 0.4) is 0 Å². The Morgan fingerprint density at radius 3 is 2.68 bits per heavy atom. The van der Waals surface area contributed by atoms with Gasteiger partial charge in [0.2, 0.25) is 0 Å². The number of hydrogen-bond acceptors (Lipinski definition) is 6. The second-order valence-electron chi connectivity index (χ2n) is 5.44. The molecule has 2 aromatic rings. The highest BCUT2D eigenvalue weighted by molar-refractivity contribution is 6.29. The van der Waals surface area contributed by atoms with Crippen molar-refractivity contribution >= 4 is 22.6 Å². The fraction of sp³-hybridized carbons (Fsp3) is 0.500. The Kier molecular flexibility index (Phi) is 4.11. The standard InChI is InChI=1S/C14H17ClN2O5/c1-6-4-9(15)16-13-7(6)2-3-17(13)14-12(21)11(20)10(19)8(5-18)22-14/h2-4,8,10-12,14,18-21H,5H2,1H3/t8-,10-,11-,12-,14-/m0/s1. The molecule has 120 valence electrons. The van der Waals surface area contributed by atoms with Crippen molar-refractivity contribution in [3.8, 4) is 0 Å². The molecule has 4 N–H and O–H groups in total. The maximum Gasteiger partial charge on any atom is 0.164 e. The Morgan fingerprint density at radius 1 is 1.27 bits per heavy atom. The number of aryl methyl sites for hydroxylation is 1. The average molecular weight is 329 g/mol. The second kappa shape index (κ2) is 5.77. The summed E-state index contributed by atoms with van der Waals surface area (Å²) in [6, 6.07) is 3.52. The van der Waals surface area contributed by atoms with Gasteiger partial charge in [-0.05, 0) is 24.6 Å². The zero-order valence-corrected chi connectivity index (χ0v) is 12.6. The van der Waals surface area contributed by atoms with E-state index in [1.165, 1.54) is 4.57 Å². The summed E-state index contributed by atoms with van der Waals surface area (Å²) in [6.07, 6.45) is -4.49. The van der Waals surface area contributed by atoms with Crippen LogP contribution < -0.4 is 0 Å². The van der Waals surface area contributed by atoms with Crippen LogP contribution in [0.4, 0.5) is 0 Å². The van der Waals surface area contributed by atoms with Gasteiger partial charge in [-0.25, -0.2) is 4.98 Å². The molecule has 0 spiro atoms. The maximum atomic E-state index is 10.2. The Hall–Kier alpha value is -1.22. The lowest BCUT2D eigenvalue weighted by atomic mass is 9.98. The third-order valence-electron chi connectivity index (χ3n) is 4.00. The molecule has 2 aromatic heterocycles. The van der Waals surface area contributed by atoms with E-state index in [9.17, 15) is 20.4 Å². The molecule has 7 nitrogen and oxygen atoms in total. The van der Waals surface area contributed by atoms with Gasteiger partial charge in [0, 0.05) is 11.6 Å².